The number of ether oxygens (including phenoxy) is 1. The maximum absolute atomic E-state index is 13.0. The Kier molecular flexibility index (Phi) is 6.12. The topological polar surface area (TPSA) is 79.8 Å². The molecule has 1 saturated heterocycles. The third-order valence-corrected chi connectivity index (χ3v) is 6.85. The first-order chi connectivity index (χ1) is 11.8. The fraction of sp³-hybridized carbons (Fsp3) is 0.625. The van der Waals surface area contributed by atoms with Crippen LogP contribution in [0.3, 0.4) is 0 Å². The fourth-order valence-electron chi connectivity index (χ4n) is 2.71. The highest BCUT2D eigenvalue weighted by Gasteiger charge is 2.41. The van der Waals surface area contributed by atoms with Crippen LogP contribution in [-0.2, 0) is 14.8 Å². The molecular weight excluding hydrogens is 401 g/mol. The van der Waals surface area contributed by atoms with E-state index in [1.54, 1.807) is 39.5 Å². The first-order valence-electron chi connectivity index (χ1n) is 8.17. The highest BCUT2D eigenvalue weighted by Crippen LogP contribution is 2.28. The van der Waals surface area contributed by atoms with E-state index in [-0.39, 0.29) is 34.2 Å². The molecule has 1 amide bonds. The lowest BCUT2D eigenvalue weighted by Gasteiger charge is -2.44. The van der Waals surface area contributed by atoms with Gasteiger partial charge in [-0.3, -0.25) is 0 Å². The third-order valence-electron chi connectivity index (χ3n) is 4.21. The Labute approximate surface area is 164 Å². The largest absolute Gasteiger partial charge is 0.444 e. The average Bonchev–Trinajstić information content (AvgIpc) is 2.50. The van der Waals surface area contributed by atoms with E-state index in [0.29, 0.717) is 0 Å². The van der Waals surface area contributed by atoms with Crippen molar-refractivity contribution in [3.63, 3.8) is 0 Å². The summed E-state index contributed by atoms with van der Waals surface area (Å²) in [7, 11) is -3.82. The van der Waals surface area contributed by atoms with Gasteiger partial charge in [-0.05, 0) is 40.7 Å². The van der Waals surface area contributed by atoms with Crippen molar-refractivity contribution in [2.45, 2.75) is 57.2 Å². The Hall–Kier alpha value is -1.09. The molecule has 0 unspecified atom stereocenters. The van der Waals surface area contributed by atoms with E-state index in [0.717, 1.165) is 0 Å². The minimum atomic E-state index is -3.82. The number of nitrogens with zero attached hydrogens (tertiary/aromatic N) is 3. The molecule has 7 nitrogen and oxygen atoms in total. The zero-order valence-corrected chi connectivity index (χ0v) is 17.7. The van der Waals surface area contributed by atoms with Crippen LogP contribution in [0.15, 0.2) is 17.2 Å². The van der Waals surface area contributed by atoms with Crippen molar-refractivity contribution in [2.75, 3.05) is 13.1 Å². The number of carbonyl (C=O) groups is 1. The Morgan fingerprint density at radius 3 is 2.38 bits per heavy atom. The van der Waals surface area contributed by atoms with Crippen molar-refractivity contribution in [2.24, 2.45) is 0 Å². The van der Waals surface area contributed by atoms with Gasteiger partial charge in [-0.2, -0.15) is 4.31 Å². The fourth-order valence-corrected chi connectivity index (χ4v) is 4.71. The molecular formula is C16H23Cl2N3O4S. The molecule has 0 radical (unpaired) electrons. The lowest BCUT2D eigenvalue weighted by molar-refractivity contribution is 0.000104. The standard InChI is InChI=1S/C16H23Cl2N3O4S/c1-10-11(2)21(7-6-20(10)15(22)25-16(3,4)5)26(23,24)12-8-13(17)14(18)19-9-12/h8-11H,6-7H2,1-5H3/t10-,11-/m1/s1. The lowest BCUT2D eigenvalue weighted by Crippen LogP contribution is -2.60. The van der Waals surface area contributed by atoms with E-state index in [9.17, 15) is 13.2 Å². The van der Waals surface area contributed by atoms with E-state index in [2.05, 4.69) is 4.98 Å². The molecule has 0 aromatic carbocycles. The lowest BCUT2D eigenvalue weighted by atomic mass is 10.1. The van der Waals surface area contributed by atoms with Crippen molar-refractivity contribution >= 4 is 39.3 Å². The molecule has 1 aliphatic rings. The highest BCUT2D eigenvalue weighted by molar-refractivity contribution is 7.89. The molecule has 2 atom stereocenters. The zero-order valence-electron chi connectivity index (χ0n) is 15.4. The van der Waals surface area contributed by atoms with Crippen LogP contribution in [0.4, 0.5) is 4.79 Å². The van der Waals surface area contributed by atoms with Crippen LogP contribution in [0.1, 0.15) is 34.6 Å². The Morgan fingerprint density at radius 2 is 1.85 bits per heavy atom. The zero-order chi connectivity index (χ0) is 19.9. The molecule has 0 N–H and O–H groups in total. The van der Waals surface area contributed by atoms with Gasteiger partial charge >= 0.3 is 6.09 Å². The van der Waals surface area contributed by atoms with Gasteiger partial charge in [0, 0.05) is 31.4 Å². The molecule has 26 heavy (non-hydrogen) atoms. The van der Waals surface area contributed by atoms with Crippen molar-refractivity contribution in [1.29, 1.82) is 0 Å². The summed E-state index contributed by atoms with van der Waals surface area (Å²) in [6.07, 6.45) is 0.728. The van der Waals surface area contributed by atoms with E-state index in [4.69, 9.17) is 27.9 Å². The van der Waals surface area contributed by atoms with Crippen LogP contribution in [0.5, 0.6) is 0 Å². The van der Waals surface area contributed by atoms with Crippen LogP contribution in [0.25, 0.3) is 0 Å². The molecule has 0 spiro atoms. The number of pyridine rings is 1. The summed E-state index contributed by atoms with van der Waals surface area (Å²) in [5, 5.41) is 0.114. The third kappa shape index (κ3) is 4.42. The maximum atomic E-state index is 13.0. The van der Waals surface area contributed by atoms with E-state index in [1.807, 2.05) is 0 Å². The van der Waals surface area contributed by atoms with Gasteiger partial charge in [0.15, 0.2) is 0 Å². The predicted octanol–water partition coefficient (Wildman–Crippen LogP) is 3.41. The average molecular weight is 424 g/mol. The number of carbonyl (C=O) groups excluding carboxylic acids is 1. The number of aromatic nitrogens is 1. The summed E-state index contributed by atoms with van der Waals surface area (Å²) in [5.41, 5.74) is -0.616. The van der Waals surface area contributed by atoms with Crippen LogP contribution >= 0.6 is 23.2 Å². The highest BCUT2D eigenvalue weighted by atomic mass is 35.5. The van der Waals surface area contributed by atoms with Gasteiger partial charge in [0.05, 0.1) is 5.02 Å². The summed E-state index contributed by atoms with van der Waals surface area (Å²) in [6, 6.07) is 0.476. The Bertz CT molecular complexity index is 795. The molecule has 0 saturated carbocycles. The molecule has 1 aromatic rings. The van der Waals surface area contributed by atoms with Crippen LogP contribution in [0.2, 0.25) is 10.2 Å². The van der Waals surface area contributed by atoms with Gasteiger partial charge < -0.3 is 9.64 Å². The van der Waals surface area contributed by atoms with Crippen LogP contribution < -0.4 is 0 Å². The summed E-state index contributed by atoms with van der Waals surface area (Å²) >= 11 is 11.7. The number of hydrogen-bond acceptors (Lipinski definition) is 5. The van der Waals surface area contributed by atoms with Crippen LogP contribution in [0, 0.1) is 0 Å². The van der Waals surface area contributed by atoms with E-state index < -0.39 is 27.8 Å². The van der Waals surface area contributed by atoms with Gasteiger partial charge in [-0.25, -0.2) is 18.2 Å². The van der Waals surface area contributed by atoms with Crippen LogP contribution in [-0.4, -0.2) is 59.5 Å². The van der Waals surface area contributed by atoms with Gasteiger partial charge in [-0.15, -0.1) is 0 Å². The van der Waals surface area contributed by atoms with Crippen molar-refractivity contribution in [3.8, 4) is 0 Å². The molecule has 146 valence electrons. The quantitative estimate of drug-likeness (QED) is 0.680. The monoisotopic (exact) mass is 423 g/mol. The SMILES string of the molecule is C[C@@H]1[C@@H](C)N(S(=O)(=O)c2cnc(Cl)c(Cl)c2)CCN1C(=O)OC(C)(C)C. The smallest absolute Gasteiger partial charge is 0.410 e. The summed E-state index contributed by atoms with van der Waals surface area (Å²) in [6.45, 7) is 9.29. The minimum Gasteiger partial charge on any atom is -0.444 e. The normalized spacial score (nSPS) is 22.3. The Balaban J connectivity index is 2.23. The number of sulfonamides is 1. The molecule has 2 heterocycles. The molecule has 0 aliphatic carbocycles. The number of amides is 1. The molecule has 10 heteroatoms. The molecule has 1 fully saturated rings. The number of hydrogen-bond donors (Lipinski definition) is 0. The van der Waals surface area contributed by atoms with Gasteiger partial charge in [0.2, 0.25) is 10.0 Å². The minimum absolute atomic E-state index is 0.0309. The molecule has 1 aliphatic heterocycles. The maximum Gasteiger partial charge on any atom is 0.410 e. The second-order valence-corrected chi connectivity index (χ2v) is 9.87. The van der Waals surface area contributed by atoms with Gasteiger partial charge in [0.1, 0.15) is 15.6 Å². The second-order valence-electron chi connectivity index (χ2n) is 7.21. The second kappa shape index (κ2) is 7.50. The van der Waals surface area contributed by atoms with E-state index in [1.165, 1.54) is 16.6 Å². The number of halogens is 2. The number of rotatable bonds is 2. The summed E-state index contributed by atoms with van der Waals surface area (Å²) in [4.78, 5) is 17.7. The summed E-state index contributed by atoms with van der Waals surface area (Å²) in [5.74, 6) is 0. The predicted molar refractivity (Wildman–Crippen MR) is 100 cm³/mol. The van der Waals surface area contributed by atoms with Crippen molar-refractivity contribution < 1.29 is 17.9 Å². The van der Waals surface area contributed by atoms with Crippen molar-refractivity contribution in [1.82, 2.24) is 14.2 Å². The molecule has 0 bridgehead atoms. The first-order valence-corrected chi connectivity index (χ1v) is 10.4. The first kappa shape index (κ1) is 21.2. The number of piperazine rings is 1. The summed E-state index contributed by atoms with van der Waals surface area (Å²) < 4.78 is 32.7. The molecule has 1 aromatic heterocycles. The Morgan fingerprint density at radius 1 is 1.23 bits per heavy atom. The van der Waals surface area contributed by atoms with Crippen molar-refractivity contribution in [3.05, 3.63) is 22.4 Å². The van der Waals surface area contributed by atoms with E-state index >= 15 is 0 Å². The molecule has 2 rings (SSSR count). The van der Waals surface area contributed by atoms with Gasteiger partial charge in [-0.1, -0.05) is 23.2 Å². The van der Waals surface area contributed by atoms with Gasteiger partial charge in [0.25, 0.3) is 0 Å².